The Balaban J connectivity index is 2.29. The van der Waals surface area contributed by atoms with Gasteiger partial charge >= 0.3 is 5.97 Å². The summed E-state index contributed by atoms with van der Waals surface area (Å²) in [5.41, 5.74) is 0.908. The predicted octanol–water partition coefficient (Wildman–Crippen LogP) is 1.44. The molecule has 7 heteroatoms. The Morgan fingerprint density at radius 3 is 2.48 bits per heavy atom. The first-order valence-electron chi connectivity index (χ1n) is 6.43. The summed E-state index contributed by atoms with van der Waals surface area (Å²) in [6.45, 7) is 1.71. The summed E-state index contributed by atoms with van der Waals surface area (Å²) in [5.74, 6) is -2.13. The number of anilines is 1. The van der Waals surface area contributed by atoms with Crippen LogP contribution in [0, 0.1) is 12.7 Å². The van der Waals surface area contributed by atoms with Crippen molar-refractivity contribution < 1.29 is 23.9 Å². The van der Waals surface area contributed by atoms with Gasteiger partial charge in [-0.15, -0.1) is 0 Å². The number of rotatable bonds is 7. The zero-order valence-electron chi connectivity index (χ0n) is 11.6. The summed E-state index contributed by atoms with van der Waals surface area (Å²) in [6, 6.07) is 4.23. The molecule has 0 saturated heterocycles. The molecule has 0 aliphatic rings. The van der Waals surface area contributed by atoms with Crippen molar-refractivity contribution in [3.8, 4) is 0 Å². The topological polar surface area (TPSA) is 95.5 Å². The van der Waals surface area contributed by atoms with Crippen molar-refractivity contribution in [1.29, 1.82) is 0 Å². The molecule has 1 aromatic rings. The minimum Gasteiger partial charge on any atom is -0.481 e. The SMILES string of the molecule is Cc1cc(NC(=O)CCNC(=O)CCC(=O)O)ccc1F. The highest BCUT2D eigenvalue weighted by Crippen LogP contribution is 2.13. The zero-order chi connectivity index (χ0) is 15.8. The first-order valence-corrected chi connectivity index (χ1v) is 6.43. The number of carboxylic acid groups (broad SMARTS) is 1. The number of amides is 2. The van der Waals surface area contributed by atoms with Crippen LogP contribution in [0.25, 0.3) is 0 Å². The quantitative estimate of drug-likeness (QED) is 0.709. The van der Waals surface area contributed by atoms with Crippen molar-refractivity contribution in [2.45, 2.75) is 26.2 Å². The summed E-state index contributed by atoms with van der Waals surface area (Å²) in [4.78, 5) is 33.1. The van der Waals surface area contributed by atoms with Crippen LogP contribution in [0.1, 0.15) is 24.8 Å². The molecule has 2 amide bonds. The third kappa shape index (κ3) is 6.51. The standard InChI is InChI=1S/C14H17FN2O4/c1-9-8-10(2-3-11(9)15)17-13(19)6-7-16-12(18)4-5-14(20)21/h2-3,8H,4-7H2,1H3,(H,16,18)(H,17,19)(H,20,21). The molecule has 6 nitrogen and oxygen atoms in total. The van der Waals surface area contributed by atoms with Crippen LogP contribution < -0.4 is 10.6 Å². The summed E-state index contributed by atoms with van der Waals surface area (Å²) >= 11 is 0. The van der Waals surface area contributed by atoms with E-state index in [9.17, 15) is 18.8 Å². The number of aryl methyl sites for hydroxylation is 1. The Kier molecular flexibility index (Phi) is 6.32. The average Bonchev–Trinajstić information content (AvgIpc) is 2.40. The van der Waals surface area contributed by atoms with Crippen molar-refractivity contribution in [2.24, 2.45) is 0 Å². The van der Waals surface area contributed by atoms with Gasteiger partial charge in [0.1, 0.15) is 5.82 Å². The first-order chi connectivity index (χ1) is 9.88. The van der Waals surface area contributed by atoms with Gasteiger partial charge in [-0.25, -0.2) is 4.39 Å². The second-order valence-corrected chi connectivity index (χ2v) is 4.51. The second-order valence-electron chi connectivity index (χ2n) is 4.51. The lowest BCUT2D eigenvalue weighted by molar-refractivity contribution is -0.138. The van der Waals surface area contributed by atoms with Crippen LogP contribution in [-0.2, 0) is 14.4 Å². The molecular weight excluding hydrogens is 279 g/mol. The number of hydrogen-bond donors (Lipinski definition) is 3. The van der Waals surface area contributed by atoms with E-state index >= 15 is 0 Å². The van der Waals surface area contributed by atoms with Gasteiger partial charge in [0.2, 0.25) is 11.8 Å². The maximum atomic E-state index is 13.1. The Labute approximate surface area is 121 Å². The minimum absolute atomic E-state index is 0.0508. The zero-order valence-corrected chi connectivity index (χ0v) is 11.6. The van der Waals surface area contributed by atoms with E-state index < -0.39 is 11.9 Å². The summed E-state index contributed by atoms with van der Waals surface area (Å²) in [7, 11) is 0. The van der Waals surface area contributed by atoms with E-state index in [1.165, 1.54) is 18.2 Å². The van der Waals surface area contributed by atoms with Gasteiger partial charge in [-0.3, -0.25) is 14.4 Å². The van der Waals surface area contributed by atoms with Crippen LogP contribution >= 0.6 is 0 Å². The number of aliphatic carboxylic acids is 1. The number of benzene rings is 1. The Hall–Kier alpha value is -2.44. The van der Waals surface area contributed by atoms with Crippen LogP contribution in [0.2, 0.25) is 0 Å². The summed E-state index contributed by atoms with van der Waals surface area (Å²) in [5, 5.41) is 13.4. The molecule has 0 aromatic heterocycles. The summed E-state index contributed by atoms with van der Waals surface area (Å²) in [6.07, 6.45) is -0.309. The molecule has 0 radical (unpaired) electrons. The molecule has 21 heavy (non-hydrogen) atoms. The number of halogens is 1. The van der Waals surface area contributed by atoms with E-state index in [0.717, 1.165) is 0 Å². The normalized spacial score (nSPS) is 10.0. The molecule has 0 atom stereocenters. The minimum atomic E-state index is -1.05. The van der Waals surface area contributed by atoms with Crippen LogP contribution in [0.15, 0.2) is 18.2 Å². The molecule has 114 valence electrons. The number of carbonyl (C=O) groups is 3. The van der Waals surface area contributed by atoms with Crippen LogP contribution in [0.5, 0.6) is 0 Å². The lowest BCUT2D eigenvalue weighted by Gasteiger charge is -2.07. The molecule has 0 unspecified atom stereocenters. The van der Waals surface area contributed by atoms with Crippen molar-refractivity contribution >= 4 is 23.5 Å². The lowest BCUT2D eigenvalue weighted by atomic mass is 10.2. The monoisotopic (exact) mass is 296 g/mol. The molecule has 0 fully saturated rings. The van der Waals surface area contributed by atoms with Crippen LogP contribution in [0.4, 0.5) is 10.1 Å². The number of carbonyl (C=O) groups excluding carboxylic acids is 2. The molecule has 1 aromatic carbocycles. The van der Waals surface area contributed by atoms with Gasteiger partial charge in [-0.05, 0) is 30.7 Å². The van der Waals surface area contributed by atoms with E-state index in [4.69, 9.17) is 5.11 Å². The fourth-order valence-corrected chi connectivity index (χ4v) is 1.57. The van der Waals surface area contributed by atoms with Gasteiger partial charge in [0.25, 0.3) is 0 Å². The Bertz CT molecular complexity index is 546. The molecule has 0 heterocycles. The highest BCUT2D eigenvalue weighted by atomic mass is 19.1. The molecule has 3 N–H and O–H groups in total. The van der Waals surface area contributed by atoms with Gasteiger partial charge in [-0.1, -0.05) is 0 Å². The maximum absolute atomic E-state index is 13.1. The van der Waals surface area contributed by atoms with Crippen molar-refractivity contribution in [1.82, 2.24) is 5.32 Å². The highest BCUT2D eigenvalue weighted by Gasteiger charge is 2.07. The number of hydrogen-bond acceptors (Lipinski definition) is 3. The Morgan fingerprint density at radius 1 is 1.14 bits per heavy atom. The van der Waals surface area contributed by atoms with Crippen LogP contribution in [0.3, 0.4) is 0 Å². The maximum Gasteiger partial charge on any atom is 0.303 e. The van der Waals surface area contributed by atoms with E-state index in [-0.39, 0.29) is 37.5 Å². The molecular formula is C14H17FN2O4. The van der Waals surface area contributed by atoms with E-state index in [0.29, 0.717) is 11.3 Å². The fraction of sp³-hybridized carbons (Fsp3) is 0.357. The molecule has 0 bridgehead atoms. The van der Waals surface area contributed by atoms with E-state index in [1.807, 2.05) is 0 Å². The van der Waals surface area contributed by atoms with Gasteiger partial charge < -0.3 is 15.7 Å². The number of nitrogens with one attached hydrogen (secondary N) is 2. The van der Waals surface area contributed by atoms with Gasteiger partial charge in [0.05, 0.1) is 6.42 Å². The summed E-state index contributed by atoms with van der Waals surface area (Å²) < 4.78 is 13.1. The van der Waals surface area contributed by atoms with Gasteiger partial charge in [0, 0.05) is 25.1 Å². The first kappa shape index (κ1) is 16.6. The average molecular weight is 296 g/mol. The number of carboxylic acids is 1. The van der Waals surface area contributed by atoms with Gasteiger partial charge in [0.15, 0.2) is 0 Å². The Morgan fingerprint density at radius 2 is 1.86 bits per heavy atom. The predicted molar refractivity (Wildman–Crippen MR) is 74.3 cm³/mol. The highest BCUT2D eigenvalue weighted by molar-refractivity contribution is 5.91. The van der Waals surface area contributed by atoms with Crippen molar-refractivity contribution in [3.63, 3.8) is 0 Å². The van der Waals surface area contributed by atoms with Gasteiger partial charge in [-0.2, -0.15) is 0 Å². The lowest BCUT2D eigenvalue weighted by Crippen LogP contribution is -2.27. The molecule has 0 aliphatic carbocycles. The fourth-order valence-electron chi connectivity index (χ4n) is 1.57. The van der Waals surface area contributed by atoms with E-state index in [2.05, 4.69) is 10.6 Å². The largest absolute Gasteiger partial charge is 0.481 e. The van der Waals surface area contributed by atoms with E-state index in [1.54, 1.807) is 6.92 Å². The van der Waals surface area contributed by atoms with Crippen molar-refractivity contribution in [3.05, 3.63) is 29.6 Å². The molecule has 1 rings (SSSR count). The third-order valence-corrected chi connectivity index (χ3v) is 2.68. The molecule has 0 spiro atoms. The van der Waals surface area contributed by atoms with Crippen LogP contribution in [-0.4, -0.2) is 29.4 Å². The third-order valence-electron chi connectivity index (χ3n) is 2.68. The smallest absolute Gasteiger partial charge is 0.303 e. The molecule has 0 saturated carbocycles. The second kappa shape index (κ2) is 7.98. The van der Waals surface area contributed by atoms with Crippen molar-refractivity contribution in [2.75, 3.05) is 11.9 Å². The molecule has 0 aliphatic heterocycles.